The van der Waals surface area contributed by atoms with Crippen LogP contribution in [0.5, 0.6) is 5.75 Å². The van der Waals surface area contributed by atoms with Gasteiger partial charge in [-0.3, -0.25) is 19.7 Å². The first-order valence-electron chi connectivity index (χ1n) is 9.45. The number of nitrogens with one attached hydrogen (secondary N) is 2. The first-order chi connectivity index (χ1) is 15.7. The van der Waals surface area contributed by atoms with Gasteiger partial charge in [0.25, 0.3) is 17.2 Å². The number of nitrogens with zero attached hydrogens (tertiary/aromatic N) is 3. The zero-order chi connectivity index (χ0) is 23.9. The van der Waals surface area contributed by atoms with Crippen LogP contribution in [0.1, 0.15) is 10.4 Å². The molecular weight excluding hydrogens is 454 g/mol. The Morgan fingerprint density at radius 2 is 1.88 bits per heavy atom. The van der Waals surface area contributed by atoms with Gasteiger partial charge in [0.05, 0.1) is 40.6 Å². The number of rotatable bonds is 5. The van der Waals surface area contributed by atoms with E-state index in [9.17, 15) is 24.5 Å². The summed E-state index contributed by atoms with van der Waals surface area (Å²) >= 11 is 5.89. The van der Waals surface area contributed by atoms with Crippen molar-refractivity contribution in [3.63, 3.8) is 0 Å². The molecule has 2 aromatic carbocycles. The number of aromatic nitrogens is 3. The molecule has 0 fully saturated rings. The van der Waals surface area contributed by atoms with Crippen LogP contribution in [-0.2, 0) is 7.05 Å². The van der Waals surface area contributed by atoms with Crippen LogP contribution in [0.4, 0.5) is 11.4 Å². The highest BCUT2D eigenvalue weighted by molar-refractivity contribution is 6.30. The highest BCUT2D eigenvalue weighted by Crippen LogP contribution is 2.30. The Balaban J connectivity index is 1.79. The Morgan fingerprint density at radius 1 is 1.18 bits per heavy atom. The molecule has 4 aromatic rings. The number of hydrogen-bond donors (Lipinski definition) is 2. The lowest BCUT2D eigenvalue weighted by atomic mass is 10.2. The maximum absolute atomic E-state index is 13.1. The minimum atomic E-state index is -0.733. The molecule has 0 radical (unpaired) electrons. The van der Waals surface area contributed by atoms with Crippen molar-refractivity contribution in [2.24, 2.45) is 7.05 Å². The molecule has 2 heterocycles. The molecule has 2 aromatic heterocycles. The van der Waals surface area contributed by atoms with Gasteiger partial charge in [0, 0.05) is 24.3 Å². The molecule has 11 nitrogen and oxygen atoms in total. The maximum atomic E-state index is 13.1. The largest absolute Gasteiger partial charge is 0.494 e. The Morgan fingerprint density at radius 3 is 2.52 bits per heavy atom. The lowest BCUT2D eigenvalue weighted by molar-refractivity contribution is -0.384. The predicted molar refractivity (Wildman–Crippen MR) is 122 cm³/mol. The van der Waals surface area contributed by atoms with E-state index < -0.39 is 22.1 Å². The second-order valence-electron chi connectivity index (χ2n) is 7.02. The molecule has 0 spiro atoms. The molecule has 0 atom stereocenters. The van der Waals surface area contributed by atoms with E-state index in [1.165, 1.54) is 48.2 Å². The third kappa shape index (κ3) is 3.85. The van der Waals surface area contributed by atoms with Gasteiger partial charge in [-0.1, -0.05) is 11.6 Å². The Hall–Kier alpha value is -4.38. The third-order valence-electron chi connectivity index (χ3n) is 5.00. The van der Waals surface area contributed by atoms with Gasteiger partial charge < -0.3 is 19.6 Å². The summed E-state index contributed by atoms with van der Waals surface area (Å²) in [6, 6.07) is 9.88. The summed E-state index contributed by atoms with van der Waals surface area (Å²) in [7, 11) is 2.88. The van der Waals surface area contributed by atoms with Gasteiger partial charge in [-0.15, -0.1) is 0 Å². The number of amides is 1. The molecule has 0 aliphatic rings. The van der Waals surface area contributed by atoms with Crippen molar-refractivity contribution in [3.8, 4) is 11.4 Å². The van der Waals surface area contributed by atoms with Crippen LogP contribution in [0.3, 0.4) is 0 Å². The first kappa shape index (κ1) is 21.8. The SMILES string of the molecule is COc1cc([N+](=O)[O-])ccc1NC(=O)c1cn(C)c2c(=O)n(-c3ccc(Cl)cc3)c(=O)[nH]c12. The summed E-state index contributed by atoms with van der Waals surface area (Å²) in [5, 5.41) is 14.0. The van der Waals surface area contributed by atoms with Crippen LogP contribution in [-0.4, -0.2) is 32.1 Å². The number of aryl methyl sites for hydroxylation is 1. The minimum Gasteiger partial charge on any atom is -0.494 e. The van der Waals surface area contributed by atoms with Gasteiger partial charge in [0.2, 0.25) is 0 Å². The highest BCUT2D eigenvalue weighted by atomic mass is 35.5. The number of methoxy groups -OCH3 is 1. The number of H-pyrrole nitrogens is 1. The number of carbonyl (C=O) groups is 1. The average Bonchev–Trinajstić information content (AvgIpc) is 3.11. The molecule has 0 aliphatic carbocycles. The van der Waals surface area contributed by atoms with Crippen LogP contribution in [0.15, 0.2) is 58.3 Å². The maximum Gasteiger partial charge on any atom is 0.333 e. The van der Waals surface area contributed by atoms with Crippen molar-refractivity contribution in [1.29, 1.82) is 0 Å². The molecule has 0 unspecified atom stereocenters. The van der Waals surface area contributed by atoms with Crippen LogP contribution >= 0.6 is 11.6 Å². The number of non-ortho nitro benzene ring substituents is 1. The van der Waals surface area contributed by atoms with Crippen molar-refractivity contribution in [1.82, 2.24) is 14.1 Å². The molecular formula is C21H16ClN5O6. The van der Waals surface area contributed by atoms with Crippen LogP contribution in [0.2, 0.25) is 5.02 Å². The number of anilines is 1. The number of ether oxygens (including phenoxy) is 1. The average molecular weight is 470 g/mol. The lowest BCUT2D eigenvalue weighted by Crippen LogP contribution is -2.34. The highest BCUT2D eigenvalue weighted by Gasteiger charge is 2.22. The number of hydrogen-bond acceptors (Lipinski definition) is 6. The molecule has 0 bridgehead atoms. The number of nitro benzene ring substituents is 1. The lowest BCUT2D eigenvalue weighted by Gasteiger charge is -2.09. The minimum absolute atomic E-state index is 0.0327. The molecule has 0 aliphatic heterocycles. The second-order valence-corrected chi connectivity index (χ2v) is 7.46. The number of aromatic amines is 1. The monoisotopic (exact) mass is 469 g/mol. The summed E-state index contributed by atoms with van der Waals surface area (Å²) in [6.45, 7) is 0. The zero-order valence-electron chi connectivity index (χ0n) is 17.3. The Bertz CT molecular complexity index is 1530. The molecule has 168 valence electrons. The summed E-state index contributed by atoms with van der Waals surface area (Å²) in [6.07, 6.45) is 1.40. The van der Waals surface area contributed by atoms with E-state index >= 15 is 0 Å². The van der Waals surface area contributed by atoms with Gasteiger partial charge in [-0.05, 0) is 30.3 Å². The smallest absolute Gasteiger partial charge is 0.333 e. The number of benzene rings is 2. The van der Waals surface area contributed by atoms with E-state index in [2.05, 4.69) is 10.3 Å². The first-order valence-corrected chi connectivity index (χ1v) is 9.83. The number of fused-ring (bicyclic) bond motifs is 1. The van der Waals surface area contributed by atoms with Gasteiger partial charge in [0.1, 0.15) is 11.3 Å². The Labute approximate surface area is 189 Å². The van der Waals surface area contributed by atoms with E-state index in [0.29, 0.717) is 10.7 Å². The van der Waals surface area contributed by atoms with Gasteiger partial charge in [0.15, 0.2) is 0 Å². The number of nitro groups is 1. The Kier molecular flexibility index (Phi) is 5.48. The fourth-order valence-electron chi connectivity index (χ4n) is 3.46. The van der Waals surface area contributed by atoms with Crippen molar-refractivity contribution >= 4 is 39.9 Å². The van der Waals surface area contributed by atoms with Crippen molar-refractivity contribution in [2.75, 3.05) is 12.4 Å². The standard InChI is InChI=1S/C21H16ClN5O6/c1-25-10-14(19(28)23-15-8-7-13(27(31)32)9-16(15)33-2)17-18(25)20(29)26(21(30)24-17)12-5-3-11(22)4-6-12/h3-10H,1-2H3,(H,23,28)(H,24,30). The predicted octanol–water partition coefficient (Wildman–Crippen LogP) is 2.84. The van der Waals surface area contributed by atoms with Crippen LogP contribution in [0.25, 0.3) is 16.7 Å². The van der Waals surface area contributed by atoms with Crippen LogP contribution in [0, 0.1) is 10.1 Å². The van der Waals surface area contributed by atoms with Gasteiger partial charge in [-0.25, -0.2) is 9.36 Å². The normalized spacial score (nSPS) is 10.9. The molecule has 4 rings (SSSR count). The summed E-state index contributed by atoms with van der Waals surface area (Å²) in [5.74, 6) is -0.566. The van der Waals surface area contributed by atoms with E-state index in [-0.39, 0.29) is 33.7 Å². The summed E-state index contributed by atoms with van der Waals surface area (Å²) < 4.78 is 7.51. The quantitative estimate of drug-likeness (QED) is 0.340. The number of carbonyl (C=O) groups excluding carboxylic acids is 1. The van der Waals surface area contributed by atoms with Crippen LogP contribution < -0.4 is 21.3 Å². The molecule has 2 N–H and O–H groups in total. The van der Waals surface area contributed by atoms with E-state index in [1.54, 1.807) is 19.2 Å². The third-order valence-corrected chi connectivity index (χ3v) is 5.25. The topological polar surface area (TPSA) is 141 Å². The van der Waals surface area contributed by atoms with Gasteiger partial charge in [-0.2, -0.15) is 0 Å². The molecule has 0 saturated heterocycles. The summed E-state index contributed by atoms with van der Waals surface area (Å²) in [5.41, 5.74) is -0.875. The molecule has 33 heavy (non-hydrogen) atoms. The van der Waals surface area contributed by atoms with E-state index in [1.807, 2.05) is 0 Å². The fraction of sp³-hybridized carbons (Fsp3) is 0.0952. The van der Waals surface area contributed by atoms with Crippen molar-refractivity contribution in [3.05, 3.63) is 90.2 Å². The van der Waals surface area contributed by atoms with E-state index in [4.69, 9.17) is 16.3 Å². The molecule has 0 saturated carbocycles. The van der Waals surface area contributed by atoms with Gasteiger partial charge >= 0.3 is 5.69 Å². The molecule has 1 amide bonds. The summed E-state index contributed by atoms with van der Waals surface area (Å²) in [4.78, 5) is 51.8. The fourth-order valence-corrected chi connectivity index (χ4v) is 3.58. The zero-order valence-corrected chi connectivity index (χ0v) is 18.0. The molecule has 12 heteroatoms. The number of halogens is 1. The van der Waals surface area contributed by atoms with Crippen molar-refractivity contribution in [2.45, 2.75) is 0 Å². The second kappa shape index (κ2) is 8.28. The van der Waals surface area contributed by atoms with E-state index in [0.717, 1.165) is 4.57 Å². The van der Waals surface area contributed by atoms with Crippen molar-refractivity contribution < 1.29 is 14.5 Å².